The summed E-state index contributed by atoms with van der Waals surface area (Å²) in [7, 11) is 1.56. The first-order valence-electron chi connectivity index (χ1n) is 11.7. The van der Waals surface area contributed by atoms with Crippen LogP contribution in [0.1, 0.15) is 40.3 Å². The number of ketones is 1. The van der Waals surface area contributed by atoms with Crippen molar-refractivity contribution in [2.45, 2.75) is 32.7 Å². The Morgan fingerprint density at radius 3 is 2.63 bits per heavy atom. The van der Waals surface area contributed by atoms with Crippen molar-refractivity contribution < 1.29 is 24.2 Å². The Labute approximate surface area is 204 Å². The number of fused-ring (bicyclic) bond motifs is 1. The second kappa shape index (κ2) is 8.95. The van der Waals surface area contributed by atoms with Crippen LogP contribution < -0.4 is 14.4 Å². The van der Waals surface area contributed by atoms with Crippen LogP contribution in [0.25, 0.3) is 5.76 Å². The Morgan fingerprint density at radius 2 is 1.86 bits per heavy atom. The number of aryl methyl sites for hydroxylation is 3. The Morgan fingerprint density at radius 1 is 1.03 bits per heavy atom. The maximum atomic E-state index is 13.4. The molecule has 2 aliphatic heterocycles. The van der Waals surface area contributed by atoms with Gasteiger partial charge in [-0.05, 0) is 91.4 Å². The number of hydrogen-bond donors (Lipinski definition) is 1. The lowest BCUT2D eigenvalue weighted by atomic mass is 9.93. The molecule has 6 nitrogen and oxygen atoms in total. The number of amides is 1. The molecule has 178 valence electrons. The molecule has 0 bridgehead atoms. The molecule has 5 rings (SSSR count). The molecule has 0 saturated carbocycles. The molecule has 0 spiro atoms. The van der Waals surface area contributed by atoms with E-state index in [9.17, 15) is 14.7 Å². The van der Waals surface area contributed by atoms with Crippen molar-refractivity contribution in [3.63, 3.8) is 0 Å². The third-order valence-electron chi connectivity index (χ3n) is 6.80. The third kappa shape index (κ3) is 3.95. The molecular weight excluding hydrogens is 442 g/mol. The van der Waals surface area contributed by atoms with Crippen molar-refractivity contribution >= 4 is 23.1 Å². The van der Waals surface area contributed by atoms with Crippen molar-refractivity contribution in [1.82, 2.24) is 0 Å². The normalized spacial score (nSPS) is 18.8. The number of anilines is 1. The van der Waals surface area contributed by atoms with E-state index in [4.69, 9.17) is 9.47 Å². The summed E-state index contributed by atoms with van der Waals surface area (Å²) in [6.07, 6.45) is 1.71. The van der Waals surface area contributed by atoms with Gasteiger partial charge in [0.15, 0.2) is 0 Å². The van der Waals surface area contributed by atoms with Gasteiger partial charge in [0.1, 0.15) is 17.3 Å². The van der Waals surface area contributed by atoms with E-state index >= 15 is 0 Å². The molecule has 3 aromatic carbocycles. The molecule has 0 aliphatic carbocycles. The van der Waals surface area contributed by atoms with Crippen molar-refractivity contribution in [3.8, 4) is 11.5 Å². The lowest BCUT2D eigenvalue weighted by Gasteiger charge is -2.26. The van der Waals surface area contributed by atoms with E-state index in [1.807, 2.05) is 56.3 Å². The second-order valence-corrected chi connectivity index (χ2v) is 8.99. The van der Waals surface area contributed by atoms with Crippen LogP contribution in [0.5, 0.6) is 11.5 Å². The number of rotatable bonds is 4. The van der Waals surface area contributed by atoms with Crippen LogP contribution in [-0.2, 0) is 16.0 Å². The van der Waals surface area contributed by atoms with Crippen LogP contribution >= 0.6 is 0 Å². The number of aliphatic hydroxyl groups is 1. The van der Waals surface area contributed by atoms with Gasteiger partial charge < -0.3 is 14.6 Å². The van der Waals surface area contributed by atoms with Gasteiger partial charge in [0.2, 0.25) is 0 Å². The summed E-state index contributed by atoms with van der Waals surface area (Å²) >= 11 is 0. The quantitative estimate of drug-likeness (QED) is 0.320. The van der Waals surface area contributed by atoms with Crippen molar-refractivity contribution in [2.75, 3.05) is 18.6 Å². The minimum atomic E-state index is -0.806. The highest BCUT2D eigenvalue weighted by Crippen LogP contribution is 2.43. The zero-order valence-electron chi connectivity index (χ0n) is 20.0. The lowest BCUT2D eigenvalue weighted by Crippen LogP contribution is -2.29. The Balaban J connectivity index is 1.71. The molecule has 1 atom stereocenters. The average molecular weight is 470 g/mol. The molecule has 1 saturated heterocycles. The Kier molecular flexibility index (Phi) is 5.81. The molecule has 2 aliphatic rings. The minimum Gasteiger partial charge on any atom is -0.507 e. The fourth-order valence-electron chi connectivity index (χ4n) is 4.76. The predicted octanol–water partition coefficient (Wildman–Crippen LogP) is 5.26. The third-order valence-corrected chi connectivity index (χ3v) is 6.80. The molecule has 0 radical (unpaired) electrons. The average Bonchev–Trinajstić information content (AvgIpc) is 3.15. The van der Waals surface area contributed by atoms with Crippen LogP contribution in [0.3, 0.4) is 0 Å². The monoisotopic (exact) mass is 469 g/mol. The molecule has 1 N–H and O–H groups in total. The molecule has 1 unspecified atom stereocenters. The van der Waals surface area contributed by atoms with Gasteiger partial charge >= 0.3 is 0 Å². The summed E-state index contributed by atoms with van der Waals surface area (Å²) in [6.45, 7) is 4.62. The maximum Gasteiger partial charge on any atom is 0.300 e. The first kappa shape index (κ1) is 22.7. The van der Waals surface area contributed by atoms with Crippen LogP contribution in [0, 0.1) is 13.8 Å². The van der Waals surface area contributed by atoms with Gasteiger partial charge in [-0.15, -0.1) is 0 Å². The molecule has 6 heteroatoms. The van der Waals surface area contributed by atoms with E-state index in [-0.39, 0.29) is 11.3 Å². The van der Waals surface area contributed by atoms with E-state index in [0.717, 1.165) is 35.3 Å². The number of methoxy groups -OCH3 is 1. The van der Waals surface area contributed by atoms with Crippen LogP contribution in [0.15, 0.2) is 66.2 Å². The van der Waals surface area contributed by atoms with Crippen LogP contribution in [0.2, 0.25) is 0 Å². The molecule has 35 heavy (non-hydrogen) atoms. The summed E-state index contributed by atoms with van der Waals surface area (Å²) in [5.74, 6) is -0.214. The van der Waals surface area contributed by atoms with Crippen molar-refractivity contribution in [2.24, 2.45) is 0 Å². The van der Waals surface area contributed by atoms with E-state index < -0.39 is 17.7 Å². The SMILES string of the molecule is COc1cccc(C2/C(=C(/O)c3ccc4c(c3)CCCO4)C(=O)C(=O)N2c2ccc(C)c(C)c2)c1. The number of benzene rings is 3. The number of hydrogen-bond acceptors (Lipinski definition) is 5. The van der Waals surface area contributed by atoms with E-state index in [1.165, 1.54) is 4.90 Å². The number of carbonyl (C=O) groups excluding carboxylic acids is 2. The second-order valence-electron chi connectivity index (χ2n) is 8.99. The predicted molar refractivity (Wildman–Crippen MR) is 134 cm³/mol. The lowest BCUT2D eigenvalue weighted by molar-refractivity contribution is -0.132. The summed E-state index contributed by atoms with van der Waals surface area (Å²) in [5, 5.41) is 11.4. The number of Topliss-reactive ketones (excluding diaryl/α,β-unsaturated/α-hetero) is 1. The van der Waals surface area contributed by atoms with Gasteiger partial charge in [-0.25, -0.2) is 0 Å². The van der Waals surface area contributed by atoms with Gasteiger partial charge in [0, 0.05) is 11.3 Å². The number of aliphatic hydroxyl groups excluding tert-OH is 1. The molecular formula is C29H27NO5. The zero-order chi connectivity index (χ0) is 24.7. The van der Waals surface area contributed by atoms with Crippen molar-refractivity contribution in [3.05, 3.63) is 94.1 Å². The van der Waals surface area contributed by atoms with Gasteiger partial charge in [0.25, 0.3) is 11.7 Å². The minimum absolute atomic E-state index is 0.0539. The molecule has 0 aromatic heterocycles. The molecule has 2 heterocycles. The zero-order valence-corrected chi connectivity index (χ0v) is 20.0. The van der Waals surface area contributed by atoms with E-state index in [1.54, 1.807) is 25.3 Å². The molecule has 3 aromatic rings. The largest absolute Gasteiger partial charge is 0.507 e. The first-order valence-corrected chi connectivity index (χ1v) is 11.7. The Hall–Kier alpha value is -4.06. The number of carbonyl (C=O) groups is 2. The smallest absolute Gasteiger partial charge is 0.300 e. The maximum absolute atomic E-state index is 13.4. The summed E-state index contributed by atoms with van der Waals surface area (Å²) in [4.78, 5) is 28.3. The van der Waals surface area contributed by atoms with Gasteiger partial charge in [0.05, 0.1) is 25.3 Å². The highest BCUT2D eigenvalue weighted by Gasteiger charge is 2.47. The van der Waals surface area contributed by atoms with Gasteiger partial charge in [-0.3, -0.25) is 14.5 Å². The van der Waals surface area contributed by atoms with Gasteiger partial charge in [-0.2, -0.15) is 0 Å². The molecule has 1 fully saturated rings. The summed E-state index contributed by atoms with van der Waals surface area (Å²) in [6, 6.07) is 17.5. The number of nitrogens with zero attached hydrogens (tertiary/aromatic N) is 1. The molecule has 1 amide bonds. The summed E-state index contributed by atoms with van der Waals surface area (Å²) < 4.78 is 11.1. The fraction of sp³-hybridized carbons (Fsp3) is 0.241. The van der Waals surface area contributed by atoms with E-state index in [2.05, 4.69) is 0 Å². The van der Waals surface area contributed by atoms with Crippen LogP contribution in [0.4, 0.5) is 5.69 Å². The van der Waals surface area contributed by atoms with E-state index in [0.29, 0.717) is 29.2 Å². The highest BCUT2D eigenvalue weighted by atomic mass is 16.5. The van der Waals surface area contributed by atoms with Crippen LogP contribution in [-0.4, -0.2) is 30.5 Å². The topological polar surface area (TPSA) is 76.1 Å². The highest BCUT2D eigenvalue weighted by molar-refractivity contribution is 6.51. The standard InChI is InChI=1S/C29H27NO5/c1-17-9-11-22(14-18(17)2)30-26(20-6-4-8-23(16-20)34-3)25(28(32)29(30)33)27(31)21-10-12-24-19(15-21)7-5-13-35-24/h4,6,8-12,14-16,26,31H,5,7,13H2,1-3H3/b27-25-. The fourth-order valence-corrected chi connectivity index (χ4v) is 4.76. The Bertz CT molecular complexity index is 1370. The number of ether oxygens (including phenoxy) is 2. The summed E-state index contributed by atoms with van der Waals surface area (Å²) in [5.41, 5.74) is 4.87. The van der Waals surface area contributed by atoms with Crippen molar-refractivity contribution in [1.29, 1.82) is 0 Å². The first-order chi connectivity index (χ1) is 16.9. The van der Waals surface area contributed by atoms with Gasteiger partial charge in [-0.1, -0.05) is 18.2 Å².